The van der Waals surface area contributed by atoms with Gasteiger partial charge < -0.3 is 14.4 Å². The molecule has 0 bridgehead atoms. The molecular weight excluding hydrogens is 317 g/mol. The van der Waals surface area contributed by atoms with E-state index in [1.165, 1.54) is 12.1 Å². The summed E-state index contributed by atoms with van der Waals surface area (Å²) in [6, 6.07) is 11.5. The van der Waals surface area contributed by atoms with E-state index in [0.717, 1.165) is 11.3 Å². The highest BCUT2D eigenvalue weighted by molar-refractivity contribution is 7.99. The fraction of sp³-hybridized carbons (Fsp3) is 0.235. The first-order valence-electron chi connectivity index (χ1n) is 7.30. The third-order valence-electron chi connectivity index (χ3n) is 3.93. The predicted octanol–water partition coefficient (Wildman–Crippen LogP) is 3.44. The Kier molecular flexibility index (Phi) is 3.61. The lowest BCUT2D eigenvalue weighted by Gasteiger charge is -2.24. The minimum atomic E-state index is -0.273. The van der Waals surface area contributed by atoms with Crippen LogP contribution in [0.3, 0.4) is 0 Å². The van der Waals surface area contributed by atoms with E-state index in [4.69, 9.17) is 9.47 Å². The maximum atomic E-state index is 13.1. The second kappa shape index (κ2) is 5.77. The van der Waals surface area contributed by atoms with E-state index in [1.54, 1.807) is 42.1 Å². The van der Waals surface area contributed by atoms with Crippen molar-refractivity contribution in [1.29, 1.82) is 0 Å². The zero-order valence-electron chi connectivity index (χ0n) is 12.2. The lowest BCUT2D eigenvalue weighted by atomic mass is 10.1. The van der Waals surface area contributed by atoms with E-state index in [9.17, 15) is 9.18 Å². The molecule has 118 valence electrons. The van der Waals surface area contributed by atoms with E-state index in [0.29, 0.717) is 23.6 Å². The summed E-state index contributed by atoms with van der Waals surface area (Å²) in [6.07, 6.45) is 0. The van der Waals surface area contributed by atoms with Gasteiger partial charge >= 0.3 is 0 Å². The second-order valence-electron chi connectivity index (χ2n) is 5.34. The second-order valence-corrected chi connectivity index (χ2v) is 6.53. The van der Waals surface area contributed by atoms with Crippen LogP contribution in [0.2, 0.25) is 0 Å². The summed E-state index contributed by atoms with van der Waals surface area (Å²) in [5.74, 6) is 1.79. The molecule has 2 aromatic rings. The van der Waals surface area contributed by atoms with Crippen LogP contribution in [0, 0.1) is 5.82 Å². The first kappa shape index (κ1) is 14.4. The molecule has 0 aromatic heterocycles. The van der Waals surface area contributed by atoms with Crippen LogP contribution in [-0.2, 0) is 0 Å². The fourth-order valence-electron chi connectivity index (χ4n) is 2.78. The number of fused-ring (bicyclic) bond motifs is 1. The number of thioether (sulfide) groups is 1. The maximum Gasteiger partial charge on any atom is 0.255 e. The van der Waals surface area contributed by atoms with Crippen molar-refractivity contribution in [3.63, 3.8) is 0 Å². The van der Waals surface area contributed by atoms with Crippen molar-refractivity contribution in [3.8, 4) is 11.5 Å². The van der Waals surface area contributed by atoms with Crippen LogP contribution in [0.1, 0.15) is 21.3 Å². The molecule has 0 N–H and O–H groups in total. The van der Waals surface area contributed by atoms with Crippen molar-refractivity contribution in [3.05, 3.63) is 59.4 Å². The van der Waals surface area contributed by atoms with Crippen LogP contribution in [-0.4, -0.2) is 29.9 Å². The van der Waals surface area contributed by atoms with Gasteiger partial charge in [-0.3, -0.25) is 4.79 Å². The highest BCUT2D eigenvalue weighted by Crippen LogP contribution is 2.40. The molecule has 0 radical (unpaired) electrons. The summed E-state index contributed by atoms with van der Waals surface area (Å²) >= 11 is 1.68. The van der Waals surface area contributed by atoms with Gasteiger partial charge in [0.25, 0.3) is 5.91 Å². The Labute approximate surface area is 137 Å². The molecule has 2 aliphatic heterocycles. The molecule has 2 aromatic carbocycles. The van der Waals surface area contributed by atoms with Crippen LogP contribution >= 0.6 is 11.8 Å². The highest BCUT2D eigenvalue weighted by Gasteiger charge is 2.32. The van der Waals surface area contributed by atoms with Crippen LogP contribution in [0.4, 0.5) is 4.39 Å². The molecule has 4 nitrogen and oxygen atoms in total. The molecule has 2 aliphatic rings. The minimum absolute atomic E-state index is 0.0531. The highest BCUT2D eigenvalue weighted by atomic mass is 32.2. The van der Waals surface area contributed by atoms with Gasteiger partial charge in [-0.25, -0.2) is 4.39 Å². The van der Waals surface area contributed by atoms with Gasteiger partial charge in [-0.1, -0.05) is 12.1 Å². The molecule has 4 rings (SSSR count). The SMILES string of the molecule is O=C(c1ccc2c(c1)OCO2)N1CCSC1c1ccc(F)cc1. The third-order valence-corrected chi connectivity index (χ3v) is 5.19. The number of nitrogens with zero attached hydrogens (tertiary/aromatic N) is 1. The molecule has 1 atom stereocenters. The molecule has 6 heteroatoms. The first-order chi connectivity index (χ1) is 11.2. The van der Waals surface area contributed by atoms with Gasteiger partial charge in [0.15, 0.2) is 11.5 Å². The van der Waals surface area contributed by atoms with Crippen LogP contribution in [0.5, 0.6) is 11.5 Å². The van der Waals surface area contributed by atoms with Crippen LogP contribution < -0.4 is 9.47 Å². The number of hydrogen-bond donors (Lipinski definition) is 0. The third kappa shape index (κ3) is 2.63. The van der Waals surface area contributed by atoms with Crippen molar-refractivity contribution in [2.24, 2.45) is 0 Å². The number of benzene rings is 2. The van der Waals surface area contributed by atoms with Crippen LogP contribution in [0.25, 0.3) is 0 Å². The Morgan fingerprint density at radius 3 is 2.74 bits per heavy atom. The Morgan fingerprint density at radius 2 is 1.91 bits per heavy atom. The van der Waals surface area contributed by atoms with E-state index >= 15 is 0 Å². The molecule has 2 heterocycles. The van der Waals surface area contributed by atoms with E-state index < -0.39 is 0 Å². The smallest absolute Gasteiger partial charge is 0.255 e. The molecule has 1 fully saturated rings. The first-order valence-corrected chi connectivity index (χ1v) is 8.35. The van der Waals surface area contributed by atoms with Gasteiger partial charge in [-0.05, 0) is 35.9 Å². The van der Waals surface area contributed by atoms with Crippen LogP contribution in [0.15, 0.2) is 42.5 Å². The lowest BCUT2D eigenvalue weighted by Crippen LogP contribution is -2.30. The summed E-state index contributed by atoms with van der Waals surface area (Å²) in [5.41, 5.74) is 1.51. The molecule has 1 saturated heterocycles. The summed E-state index contributed by atoms with van der Waals surface area (Å²) < 4.78 is 23.7. The average molecular weight is 331 g/mol. The van der Waals surface area contributed by atoms with Gasteiger partial charge in [-0.15, -0.1) is 11.8 Å². The lowest BCUT2D eigenvalue weighted by molar-refractivity contribution is 0.0760. The molecule has 23 heavy (non-hydrogen) atoms. The number of hydrogen-bond acceptors (Lipinski definition) is 4. The molecular formula is C17H14FNO3S. The summed E-state index contributed by atoms with van der Waals surface area (Å²) in [7, 11) is 0. The van der Waals surface area contributed by atoms with Gasteiger partial charge in [0.2, 0.25) is 6.79 Å². The zero-order chi connectivity index (χ0) is 15.8. The summed E-state index contributed by atoms with van der Waals surface area (Å²) in [6.45, 7) is 0.852. The Morgan fingerprint density at radius 1 is 1.13 bits per heavy atom. The molecule has 1 amide bonds. The Bertz CT molecular complexity index is 750. The molecule has 0 spiro atoms. The normalized spacial score (nSPS) is 19.2. The van der Waals surface area contributed by atoms with Gasteiger partial charge in [0.05, 0.1) is 0 Å². The monoisotopic (exact) mass is 331 g/mol. The molecule has 1 unspecified atom stereocenters. The topological polar surface area (TPSA) is 38.8 Å². The Balaban J connectivity index is 1.60. The number of carbonyl (C=O) groups is 1. The quantitative estimate of drug-likeness (QED) is 0.845. The van der Waals surface area contributed by atoms with Crippen molar-refractivity contribution < 1.29 is 18.7 Å². The average Bonchev–Trinajstić information content (AvgIpc) is 3.23. The van der Waals surface area contributed by atoms with Gasteiger partial charge in [0.1, 0.15) is 11.2 Å². The van der Waals surface area contributed by atoms with E-state index in [-0.39, 0.29) is 23.9 Å². The Hall–Kier alpha value is -2.21. The molecule has 0 aliphatic carbocycles. The zero-order valence-corrected chi connectivity index (χ0v) is 13.0. The maximum absolute atomic E-state index is 13.1. The number of carbonyl (C=O) groups excluding carboxylic acids is 1. The van der Waals surface area contributed by atoms with Crippen molar-refractivity contribution >= 4 is 17.7 Å². The number of halogens is 1. The predicted molar refractivity (Wildman–Crippen MR) is 85.2 cm³/mol. The van der Waals surface area contributed by atoms with Crippen molar-refractivity contribution in [1.82, 2.24) is 4.90 Å². The number of ether oxygens (including phenoxy) is 2. The van der Waals surface area contributed by atoms with Gasteiger partial charge in [0, 0.05) is 17.9 Å². The van der Waals surface area contributed by atoms with E-state index in [2.05, 4.69) is 0 Å². The standard InChI is InChI=1S/C17H14FNO3S/c18-13-4-1-11(2-5-13)17-19(7-8-23-17)16(20)12-3-6-14-15(9-12)22-10-21-14/h1-6,9,17H,7-8,10H2. The minimum Gasteiger partial charge on any atom is -0.454 e. The fourth-order valence-corrected chi connectivity index (χ4v) is 4.03. The van der Waals surface area contributed by atoms with Crippen molar-refractivity contribution in [2.75, 3.05) is 19.1 Å². The number of rotatable bonds is 2. The van der Waals surface area contributed by atoms with Crippen molar-refractivity contribution in [2.45, 2.75) is 5.37 Å². The number of amides is 1. The largest absolute Gasteiger partial charge is 0.454 e. The van der Waals surface area contributed by atoms with E-state index in [1.807, 2.05) is 4.90 Å². The van der Waals surface area contributed by atoms with Gasteiger partial charge in [-0.2, -0.15) is 0 Å². The summed E-state index contributed by atoms with van der Waals surface area (Å²) in [4.78, 5) is 14.7. The summed E-state index contributed by atoms with van der Waals surface area (Å²) in [5, 5.41) is -0.0893. The molecule has 0 saturated carbocycles.